The molecule has 15 nitrogen and oxygen atoms in total. The predicted molar refractivity (Wildman–Crippen MR) is 158 cm³/mol. The Balaban J connectivity index is 1.92. The number of amides is 5. The fourth-order valence-corrected chi connectivity index (χ4v) is 3.63. The third-order valence-electron chi connectivity index (χ3n) is 6.20. The number of nitrogens with one attached hydrogen (secondary N) is 3. The van der Waals surface area contributed by atoms with Crippen LogP contribution in [0.4, 0.5) is 0 Å². The molecule has 1 aliphatic heterocycles. The lowest BCUT2D eigenvalue weighted by Gasteiger charge is -2.22. The quantitative estimate of drug-likeness (QED) is 0.0398. The monoisotopic (exact) mass is 628 g/mol. The fourth-order valence-electron chi connectivity index (χ4n) is 3.63. The fraction of sp³-hybridized carbons (Fsp3) is 0.690. The number of hydrogen-bond donors (Lipinski definition) is 4. The zero-order valence-electron chi connectivity index (χ0n) is 25.8. The first kappa shape index (κ1) is 38.7. The summed E-state index contributed by atoms with van der Waals surface area (Å²) < 4.78 is 27.0. The molecule has 0 radical (unpaired) electrons. The van der Waals surface area contributed by atoms with Crippen molar-refractivity contribution in [1.82, 2.24) is 20.9 Å². The zero-order chi connectivity index (χ0) is 32.6. The smallest absolute Gasteiger partial charge is 0.253 e. The second kappa shape index (κ2) is 24.0. The van der Waals surface area contributed by atoms with Crippen molar-refractivity contribution in [3.05, 3.63) is 24.5 Å². The summed E-state index contributed by atoms with van der Waals surface area (Å²) in [6, 6.07) is 0. The number of hydrogen-bond acceptors (Lipinski definition) is 11. The van der Waals surface area contributed by atoms with Crippen molar-refractivity contribution < 1.29 is 52.8 Å². The SMILES string of the molecule is C=C(CCCC(=O)NCCNC(=O)CCOCCOCCNC(=O)CCN1C(=O)C=CC1=O)OCC(OC)OC(CC)CO. The summed E-state index contributed by atoms with van der Waals surface area (Å²) in [7, 11) is 1.49. The summed E-state index contributed by atoms with van der Waals surface area (Å²) in [6.07, 6.45) is 3.54. The summed E-state index contributed by atoms with van der Waals surface area (Å²) in [6.45, 7) is 7.71. The van der Waals surface area contributed by atoms with E-state index in [4.69, 9.17) is 23.7 Å². The Morgan fingerprint density at radius 3 is 2.07 bits per heavy atom. The summed E-state index contributed by atoms with van der Waals surface area (Å²) in [5.74, 6) is -0.971. The molecule has 15 heteroatoms. The van der Waals surface area contributed by atoms with Crippen LogP contribution in [-0.2, 0) is 47.7 Å². The van der Waals surface area contributed by atoms with Crippen molar-refractivity contribution in [2.24, 2.45) is 0 Å². The maximum absolute atomic E-state index is 12.0. The van der Waals surface area contributed by atoms with Gasteiger partial charge in [0.2, 0.25) is 17.7 Å². The maximum Gasteiger partial charge on any atom is 0.253 e. The molecule has 0 fully saturated rings. The van der Waals surface area contributed by atoms with Gasteiger partial charge in [0.15, 0.2) is 6.29 Å². The van der Waals surface area contributed by atoms with E-state index < -0.39 is 18.1 Å². The molecule has 0 spiro atoms. The molecule has 2 unspecified atom stereocenters. The highest BCUT2D eigenvalue weighted by molar-refractivity contribution is 6.13. The standard InChI is InChI=1S/C29H48N4O11/c1-4-23(20-34)44-29(40-3)21-43-22(2)6-5-7-24(35)30-12-13-31-26(37)11-16-41-18-19-42-17-14-32-25(36)10-15-33-27(38)8-9-28(33)39/h8-9,23,29,34H,2,4-7,10-21H2,1,3H3,(H,30,35)(H,31,37)(H,32,36). The second-order valence-corrected chi connectivity index (χ2v) is 9.65. The Bertz CT molecular complexity index is 922. The molecule has 0 aromatic carbocycles. The minimum atomic E-state index is -0.624. The molecule has 0 aliphatic carbocycles. The van der Waals surface area contributed by atoms with Crippen molar-refractivity contribution >= 4 is 29.5 Å². The number of allylic oxidation sites excluding steroid dienone is 1. The van der Waals surface area contributed by atoms with Crippen molar-refractivity contribution in [1.29, 1.82) is 0 Å². The second-order valence-electron chi connectivity index (χ2n) is 9.65. The zero-order valence-corrected chi connectivity index (χ0v) is 25.8. The maximum atomic E-state index is 12.0. The average molecular weight is 629 g/mol. The van der Waals surface area contributed by atoms with Gasteiger partial charge < -0.3 is 44.7 Å². The molecule has 250 valence electrons. The van der Waals surface area contributed by atoms with Crippen LogP contribution < -0.4 is 16.0 Å². The molecule has 0 saturated heterocycles. The Morgan fingerprint density at radius 1 is 0.864 bits per heavy atom. The lowest BCUT2D eigenvalue weighted by molar-refractivity contribution is -0.184. The van der Waals surface area contributed by atoms with E-state index in [2.05, 4.69) is 22.5 Å². The third kappa shape index (κ3) is 18.3. The van der Waals surface area contributed by atoms with Crippen molar-refractivity contribution in [2.75, 3.05) is 72.9 Å². The number of carbonyl (C=O) groups excluding carboxylic acids is 5. The summed E-state index contributed by atoms with van der Waals surface area (Å²) in [5.41, 5.74) is 0. The lowest BCUT2D eigenvalue weighted by atomic mass is 10.2. The highest BCUT2D eigenvalue weighted by Gasteiger charge is 2.23. The van der Waals surface area contributed by atoms with Gasteiger partial charge in [-0.15, -0.1) is 0 Å². The largest absolute Gasteiger partial charge is 0.493 e. The number of aliphatic hydroxyl groups excluding tert-OH is 1. The molecular weight excluding hydrogens is 580 g/mol. The van der Waals surface area contributed by atoms with Gasteiger partial charge in [-0.05, 0) is 12.8 Å². The highest BCUT2D eigenvalue weighted by Crippen LogP contribution is 2.10. The van der Waals surface area contributed by atoms with Crippen LogP contribution in [-0.4, -0.2) is 125 Å². The van der Waals surface area contributed by atoms with Crippen LogP contribution in [0, 0.1) is 0 Å². The number of imide groups is 1. The van der Waals surface area contributed by atoms with Crippen molar-refractivity contribution in [3.63, 3.8) is 0 Å². The van der Waals surface area contributed by atoms with Crippen LogP contribution in [0.25, 0.3) is 0 Å². The molecule has 1 rings (SSSR count). The molecule has 0 aromatic rings. The first-order valence-electron chi connectivity index (χ1n) is 14.8. The van der Waals surface area contributed by atoms with Crippen LogP contribution >= 0.6 is 0 Å². The molecule has 0 bridgehead atoms. The normalized spacial score (nSPS) is 13.9. The number of carbonyl (C=O) groups is 5. The van der Waals surface area contributed by atoms with E-state index in [9.17, 15) is 29.1 Å². The minimum Gasteiger partial charge on any atom is -0.493 e. The van der Waals surface area contributed by atoms with Crippen LogP contribution in [0.1, 0.15) is 45.4 Å². The van der Waals surface area contributed by atoms with Gasteiger partial charge in [0.05, 0.1) is 44.9 Å². The molecule has 1 heterocycles. The number of nitrogens with zero attached hydrogens (tertiary/aromatic N) is 1. The molecule has 44 heavy (non-hydrogen) atoms. The van der Waals surface area contributed by atoms with E-state index in [1.807, 2.05) is 6.92 Å². The van der Waals surface area contributed by atoms with Crippen LogP contribution in [0.5, 0.6) is 0 Å². The van der Waals surface area contributed by atoms with Gasteiger partial charge in [-0.2, -0.15) is 0 Å². The first-order chi connectivity index (χ1) is 21.2. The Labute approximate surface area is 258 Å². The minimum absolute atomic E-state index is 0.0178. The first-order valence-corrected chi connectivity index (χ1v) is 14.8. The van der Waals surface area contributed by atoms with Gasteiger partial charge in [0, 0.05) is 71.1 Å². The van der Waals surface area contributed by atoms with Gasteiger partial charge in [0.25, 0.3) is 11.8 Å². The van der Waals surface area contributed by atoms with E-state index in [0.717, 1.165) is 4.90 Å². The van der Waals surface area contributed by atoms with Gasteiger partial charge in [-0.1, -0.05) is 13.5 Å². The molecule has 2 atom stereocenters. The van der Waals surface area contributed by atoms with Gasteiger partial charge in [-0.3, -0.25) is 28.9 Å². The summed E-state index contributed by atoms with van der Waals surface area (Å²) in [4.78, 5) is 59.6. The molecule has 5 amide bonds. The molecular formula is C29H48N4O11. The number of ether oxygens (including phenoxy) is 5. The van der Waals surface area contributed by atoms with Crippen LogP contribution in [0.3, 0.4) is 0 Å². The van der Waals surface area contributed by atoms with E-state index in [1.54, 1.807) is 0 Å². The number of aliphatic hydroxyl groups is 1. The molecule has 0 aromatic heterocycles. The molecule has 4 N–H and O–H groups in total. The molecule has 1 aliphatic rings. The number of rotatable bonds is 27. The van der Waals surface area contributed by atoms with Gasteiger partial charge in [-0.25, -0.2) is 0 Å². The van der Waals surface area contributed by atoms with Crippen molar-refractivity contribution in [3.8, 4) is 0 Å². The van der Waals surface area contributed by atoms with Crippen LogP contribution in [0.2, 0.25) is 0 Å². The van der Waals surface area contributed by atoms with Crippen molar-refractivity contribution in [2.45, 2.75) is 57.8 Å². The Kier molecular flexibility index (Phi) is 21.1. The summed E-state index contributed by atoms with van der Waals surface area (Å²) >= 11 is 0. The highest BCUT2D eigenvalue weighted by atomic mass is 16.7. The van der Waals surface area contributed by atoms with Gasteiger partial charge in [0.1, 0.15) is 6.61 Å². The summed E-state index contributed by atoms with van der Waals surface area (Å²) in [5, 5.41) is 17.3. The van der Waals surface area contributed by atoms with E-state index in [-0.39, 0.29) is 95.8 Å². The van der Waals surface area contributed by atoms with Gasteiger partial charge >= 0.3 is 0 Å². The van der Waals surface area contributed by atoms with E-state index >= 15 is 0 Å². The number of methoxy groups -OCH3 is 1. The van der Waals surface area contributed by atoms with Crippen LogP contribution in [0.15, 0.2) is 24.5 Å². The topological polar surface area (TPSA) is 191 Å². The molecule has 0 saturated carbocycles. The van der Waals surface area contributed by atoms with E-state index in [1.165, 1.54) is 19.3 Å². The third-order valence-corrected chi connectivity index (χ3v) is 6.20. The predicted octanol–water partition coefficient (Wildman–Crippen LogP) is -0.466. The average Bonchev–Trinajstić information content (AvgIpc) is 3.33. The Hall–Kier alpha value is -3.37. The lowest BCUT2D eigenvalue weighted by Crippen LogP contribution is -2.35. The van der Waals surface area contributed by atoms with E-state index in [0.29, 0.717) is 38.1 Å². The Morgan fingerprint density at radius 2 is 1.45 bits per heavy atom.